The molecule has 2 aromatic heterocycles. The zero-order chi connectivity index (χ0) is 18.1. The Morgan fingerprint density at radius 1 is 1.32 bits per heavy atom. The average Bonchev–Trinajstić information content (AvgIpc) is 3.13. The third kappa shape index (κ3) is 2.99. The first-order valence-electron chi connectivity index (χ1n) is 8.30. The van der Waals surface area contributed by atoms with Gasteiger partial charge in [0.1, 0.15) is 17.2 Å². The Balaban J connectivity index is 2.03. The maximum Gasteiger partial charge on any atom is 0.256 e. The van der Waals surface area contributed by atoms with E-state index in [1.165, 1.54) is 0 Å². The summed E-state index contributed by atoms with van der Waals surface area (Å²) in [5.41, 5.74) is 3.44. The highest BCUT2D eigenvalue weighted by Gasteiger charge is 2.23. The monoisotopic (exact) mass is 341 g/mol. The molecule has 0 aliphatic rings. The van der Waals surface area contributed by atoms with E-state index in [2.05, 4.69) is 16.6 Å². The lowest BCUT2D eigenvalue weighted by Gasteiger charge is -2.16. The molecule has 1 amide bonds. The van der Waals surface area contributed by atoms with Crippen LogP contribution in [0.4, 0.5) is 0 Å². The molecule has 3 rings (SSSR count). The molecule has 0 N–H and O–H groups in total. The SMILES string of the molecule is CCn1c(C)c(C(=O)N(C)Cc2cc(C)on2)c2cc(OC)ccc21. The molecule has 0 spiro atoms. The van der Waals surface area contributed by atoms with Gasteiger partial charge in [-0.2, -0.15) is 0 Å². The molecule has 1 aromatic carbocycles. The maximum absolute atomic E-state index is 13.1. The number of hydrogen-bond acceptors (Lipinski definition) is 4. The number of amides is 1. The van der Waals surface area contributed by atoms with E-state index in [9.17, 15) is 4.79 Å². The van der Waals surface area contributed by atoms with E-state index in [-0.39, 0.29) is 5.91 Å². The molecule has 2 heterocycles. The lowest BCUT2D eigenvalue weighted by atomic mass is 10.1. The van der Waals surface area contributed by atoms with Crippen LogP contribution in [0.2, 0.25) is 0 Å². The molecule has 132 valence electrons. The largest absolute Gasteiger partial charge is 0.497 e. The van der Waals surface area contributed by atoms with Crippen molar-refractivity contribution in [2.45, 2.75) is 33.9 Å². The van der Waals surface area contributed by atoms with Crippen molar-refractivity contribution >= 4 is 16.8 Å². The molecule has 0 aliphatic heterocycles. The molecular formula is C19H23N3O3. The van der Waals surface area contributed by atoms with Crippen molar-refractivity contribution in [1.82, 2.24) is 14.6 Å². The number of nitrogens with zero attached hydrogens (tertiary/aromatic N) is 3. The van der Waals surface area contributed by atoms with Gasteiger partial charge >= 0.3 is 0 Å². The molecule has 0 bridgehead atoms. The normalized spacial score (nSPS) is 11.1. The van der Waals surface area contributed by atoms with Crippen molar-refractivity contribution in [2.75, 3.05) is 14.2 Å². The van der Waals surface area contributed by atoms with Gasteiger partial charge in [-0.05, 0) is 39.0 Å². The number of benzene rings is 1. The lowest BCUT2D eigenvalue weighted by Crippen LogP contribution is -2.27. The first-order valence-corrected chi connectivity index (χ1v) is 8.30. The molecule has 0 atom stereocenters. The summed E-state index contributed by atoms with van der Waals surface area (Å²) in [5.74, 6) is 1.44. The third-order valence-electron chi connectivity index (χ3n) is 4.48. The Bertz CT molecular complexity index is 924. The Morgan fingerprint density at radius 3 is 2.68 bits per heavy atom. The molecule has 0 fully saturated rings. The molecule has 0 aliphatic carbocycles. The maximum atomic E-state index is 13.1. The van der Waals surface area contributed by atoms with E-state index in [1.54, 1.807) is 19.1 Å². The predicted octanol–water partition coefficient (Wildman–Crippen LogP) is 3.55. The van der Waals surface area contributed by atoms with E-state index in [1.807, 2.05) is 38.1 Å². The van der Waals surface area contributed by atoms with Gasteiger partial charge < -0.3 is 18.7 Å². The van der Waals surface area contributed by atoms with E-state index in [0.717, 1.165) is 40.3 Å². The van der Waals surface area contributed by atoms with Crippen LogP contribution in [0.15, 0.2) is 28.8 Å². The first kappa shape index (κ1) is 17.1. The number of fused-ring (bicyclic) bond motifs is 1. The fourth-order valence-electron chi connectivity index (χ4n) is 3.26. The van der Waals surface area contributed by atoms with Crippen LogP contribution in [0.5, 0.6) is 5.75 Å². The summed E-state index contributed by atoms with van der Waals surface area (Å²) in [6.07, 6.45) is 0. The van der Waals surface area contributed by atoms with Gasteiger partial charge in [-0.1, -0.05) is 5.16 Å². The van der Waals surface area contributed by atoms with Gasteiger partial charge in [-0.3, -0.25) is 4.79 Å². The molecular weight excluding hydrogens is 318 g/mol. The number of methoxy groups -OCH3 is 1. The summed E-state index contributed by atoms with van der Waals surface area (Å²) in [6, 6.07) is 7.69. The summed E-state index contributed by atoms with van der Waals surface area (Å²) < 4.78 is 12.6. The fraction of sp³-hybridized carbons (Fsp3) is 0.368. The van der Waals surface area contributed by atoms with Gasteiger partial charge in [-0.15, -0.1) is 0 Å². The van der Waals surface area contributed by atoms with Gasteiger partial charge in [-0.25, -0.2) is 0 Å². The zero-order valence-electron chi connectivity index (χ0n) is 15.3. The predicted molar refractivity (Wildman–Crippen MR) is 95.9 cm³/mol. The number of hydrogen-bond donors (Lipinski definition) is 0. The quantitative estimate of drug-likeness (QED) is 0.712. The molecule has 3 aromatic rings. The van der Waals surface area contributed by atoms with Crippen LogP contribution in [0.3, 0.4) is 0 Å². The van der Waals surface area contributed by atoms with E-state index < -0.39 is 0 Å². The Labute approximate surface area is 147 Å². The second-order valence-electron chi connectivity index (χ2n) is 6.18. The molecule has 25 heavy (non-hydrogen) atoms. The van der Waals surface area contributed by atoms with Crippen LogP contribution in [0.1, 0.15) is 34.4 Å². The minimum Gasteiger partial charge on any atom is -0.497 e. The van der Waals surface area contributed by atoms with Gasteiger partial charge in [0.15, 0.2) is 0 Å². The molecule has 0 radical (unpaired) electrons. The van der Waals surface area contributed by atoms with Crippen molar-refractivity contribution in [3.63, 3.8) is 0 Å². The summed E-state index contributed by atoms with van der Waals surface area (Å²) >= 11 is 0. The number of carbonyl (C=O) groups is 1. The second-order valence-corrected chi connectivity index (χ2v) is 6.18. The smallest absolute Gasteiger partial charge is 0.256 e. The number of aromatic nitrogens is 2. The Morgan fingerprint density at radius 2 is 2.08 bits per heavy atom. The topological polar surface area (TPSA) is 60.5 Å². The van der Waals surface area contributed by atoms with E-state index in [4.69, 9.17) is 9.26 Å². The van der Waals surface area contributed by atoms with Gasteiger partial charge in [0.25, 0.3) is 5.91 Å². The lowest BCUT2D eigenvalue weighted by molar-refractivity contribution is 0.0783. The highest BCUT2D eigenvalue weighted by atomic mass is 16.5. The number of carbonyl (C=O) groups excluding carboxylic acids is 1. The van der Waals surface area contributed by atoms with Gasteiger partial charge in [0.2, 0.25) is 0 Å². The Kier molecular flexibility index (Phi) is 4.53. The van der Waals surface area contributed by atoms with Crippen molar-refractivity contribution < 1.29 is 14.1 Å². The van der Waals surface area contributed by atoms with Crippen molar-refractivity contribution in [1.29, 1.82) is 0 Å². The number of aryl methyl sites for hydroxylation is 2. The average molecular weight is 341 g/mol. The van der Waals surface area contributed by atoms with Crippen molar-refractivity contribution in [3.8, 4) is 5.75 Å². The van der Waals surface area contributed by atoms with Crippen LogP contribution in [-0.4, -0.2) is 34.7 Å². The molecule has 0 unspecified atom stereocenters. The van der Waals surface area contributed by atoms with Crippen LogP contribution in [0, 0.1) is 13.8 Å². The van der Waals surface area contributed by atoms with Crippen LogP contribution < -0.4 is 4.74 Å². The zero-order valence-corrected chi connectivity index (χ0v) is 15.3. The van der Waals surface area contributed by atoms with Gasteiger partial charge in [0, 0.05) is 36.3 Å². The molecule has 0 saturated heterocycles. The van der Waals surface area contributed by atoms with Crippen molar-refractivity contribution in [3.05, 3.63) is 47.0 Å². The van der Waals surface area contributed by atoms with Crippen molar-refractivity contribution in [2.24, 2.45) is 0 Å². The number of rotatable bonds is 5. The highest BCUT2D eigenvalue weighted by molar-refractivity contribution is 6.08. The third-order valence-corrected chi connectivity index (χ3v) is 4.48. The summed E-state index contributed by atoms with van der Waals surface area (Å²) in [4.78, 5) is 14.8. The first-order chi connectivity index (χ1) is 12.0. The minimum absolute atomic E-state index is 0.0383. The summed E-state index contributed by atoms with van der Waals surface area (Å²) in [5, 5.41) is 4.88. The standard InChI is InChI=1S/C19H23N3O3/c1-6-22-13(3)18(16-10-15(24-5)7-8-17(16)22)19(23)21(4)11-14-9-12(2)25-20-14/h7-10H,6,11H2,1-5H3. The van der Waals surface area contributed by atoms with Gasteiger partial charge in [0.05, 0.1) is 19.2 Å². The molecule has 6 nitrogen and oxygen atoms in total. The highest BCUT2D eigenvalue weighted by Crippen LogP contribution is 2.30. The van der Waals surface area contributed by atoms with Crippen LogP contribution >= 0.6 is 0 Å². The minimum atomic E-state index is -0.0383. The van der Waals surface area contributed by atoms with E-state index >= 15 is 0 Å². The summed E-state index contributed by atoms with van der Waals surface area (Å²) in [6.45, 7) is 7.10. The molecule has 6 heteroatoms. The van der Waals surface area contributed by atoms with Crippen LogP contribution in [0.25, 0.3) is 10.9 Å². The summed E-state index contributed by atoms with van der Waals surface area (Å²) in [7, 11) is 3.41. The second kappa shape index (κ2) is 6.63. The number of ether oxygens (including phenoxy) is 1. The Hall–Kier alpha value is -2.76. The van der Waals surface area contributed by atoms with E-state index in [0.29, 0.717) is 12.1 Å². The fourth-order valence-corrected chi connectivity index (χ4v) is 3.26. The molecule has 0 saturated carbocycles. The van der Waals surface area contributed by atoms with Crippen LogP contribution in [-0.2, 0) is 13.1 Å².